The second kappa shape index (κ2) is 20.4. The van der Waals surface area contributed by atoms with E-state index in [1.807, 2.05) is 0 Å². The van der Waals surface area contributed by atoms with Gasteiger partial charge in [-0.05, 0) is 162 Å². The van der Waals surface area contributed by atoms with Crippen molar-refractivity contribution >= 4 is 89.8 Å². The first kappa shape index (κ1) is 44.6. The molecule has 0 spiro atoms. The Kier molecular flexibility index (Phi) is 12.4. The summed E-state index contributed by atoms with van der Waals surface area (Å²) in [5.41, 5.74) is 15.7. The molecule has 73 heavy (non-hydrogen) atoms. The maximum atomic E-state index is 2.38. The van der Waals surface area contributed by atoms with Crippen LogP contribution in [-0.4, -0.2) is 0 Å². The fourth-order valence-electron chi connectivity index (χ4n) is 10.1. The zero-order valence-corrected chi connectivity index (χ0v) is 40.4. The normalized spacial score (nSPS) is 11.1. The predicted octanol–water partition coefficient (Wildman–Crippen LogP) is 19.5. The Bertz CT molecular complexity index is 3390. The molecule has 0 radical (unpaired) electrons. The van der Waals surface area contributed by atoms with E-state index in [1.54, 1.807) is 0 Å². The van der Waals surface area contributed by atoms with Gasteiger partial charge in [-0.2, -0.15) is 0 Å². The Morgan fingerprint density at radius 1 is 0.178 bits per heavy atom. The molecule has 0 fully saturated rings. The Hall–Kier alpha value is -9.64. The molecule has 0 bridgehead atoms. The highest BCUT2D eigenvalue weighted by Crippen LogP contribution is 2.44. The van der Waals surface area contributed by atoms with Crippen molar-refractivity contribution < 1.29 is 0 Å². The summed E-state index contributed by atoms with van der Waals surface area (Å²) in [4.78, 5) is 9.38. The third-order valence-corrected chi connectivity index (χ3v) is 13.6. The zero-order valence-electron chi connectivity index (χ0n) is 40.4. The largest absolute Gasteiger partial charge is 0.311 e. The van der Waals surface area contributed by atoms with Gasteiger partial charge in [-0.25, -0.2) is 0 Å². The summed E-state index contributed by atoms with van der Waals surface area (Å²) in [7, 11) is 0. The van der Waals surface area contributed by atoms with Crippen LogP contribution in [0.2, 0.25) is 0 Å². The van der Waals surface area contributed by atoms with Crippen LogP contribution in [0.3, 0.4) is 0 Å². The molecule has 0 saturated carbocycles. The Morgan fingerprint density at radius 2 is 0.411 bits per heavy atom. The second-order valence-electron chi connectivity index (χ2n) is 18.2. The van der Waals surface area contributed by atoms with Crippen molar-refractivity contribution in [3.8, 4) is 0 Å². The summed E-state index contributed by atoms with van der Waals surface area (Å²) < 4.78 is 0. The van der Waals surface area contributed by atoms with Gasteiger partial charge in [-0.3, -0.25) is 0 Å². The highest BCUT2D eigenvalue weighted by Gasteiger charge is 2.20. The van der Waals surface area contributed by atoms with Gasteiger partial charge in [-0.15, -0.1) is 0 Å². The second-order valence-corrected chi connectivity index (χ2v) is 18.2. The predicted molar refractivity (Wildman–Crippen MR) is 309 cm³/mol. The van der Waals surface area contributed by atoms with E-state index in [1.165, 1.54) is 32.7 Å². The summed E-state index contributed by atoms with van der Waals surface area (Å²) in [5, 5.41) is 4.80. The van der Waals surface area contributed by atoms with Crippen molar-refractivity contribution in [2.24, 2.45) is 0 Å². The number of hydrogen-bond acceptors (Lipinski definition) is 4. The molecule has 4 heteroatoms. The van der Waals surface area contributed by atoms with Crippen LogP contribution in [0.5, 0.6) is 0 Å². The van der Waals surface area contributed by atoms with E-state index in [0.717, 1.165) is 74.7 Å². The number of benzene rings is 12. The van der Waals surface area contributed by atoms with Gasteiger partial charge >= 0.3 is 0 Å². The molecule has 348 valence electrons. The van der Waals surface area contributed by atoms with Gasteiger partial charge in [0.05, 0.1) is 11.4 Å². The quantitative estimate of drug-likeness (QED) is 0.108. The molecule has 0 atom stereocenters. The summed E-state index contributed by atoms with van der Waals surface area (Å²) in [6.45, 7) is 0. The number of fused-ring (bicyclic) bond motifs is 2. The van der Waals surface area contributed by atoms with E-state index in [2.05, 4.69) is 323 Å². The van der Waals surface area contributed by atoms with Crippen LogP contribution in [0.4, 0.5) is 68.2 Å². The average Bonchev–Trinajstić information content (AvgIpc) is 3.46. The molecule has 0 unspecified atom stereocenters. The van der Waals surface area contributed by atoms with E-state index in [0.29, 0.717) is 0 Å². The average molecular weight is 937 g/mol. The first-order valence-electron chi connectivity index (χ1n) is 25.0. The number of hydrogen-bond donors (Lipinski definition) is 0. The van der Waals surface area contributed by atoms with Crippen LogP contribution >= 0.6 is 0 Å². The fraction of sp³-hybridized carbons (Fsp3) is 0.0145. The first-order valence-corrected chi connectivity index (χ1v) is 25.0. The van der Waals surface area contributed by atoms with Crippen molar-refractivity contribution in [2.75, 3.05) is 19.6 Å². The third-order valence-electron chi connectivity index (χ3n) is 13.6. The molecule has 0 heterocycles. The molecule has 12 aromatic carbocycles. The molecular formula is C69H52N4. The zero-order chi connectivity index (χ0) is 48.8. The summed E-state index contributed by atoms with van der Waals surface area (Å²) in [6, 6.07) is 109. The van der Waals surface area contributed by atoms with Gasteiger partial charge in [0, 0.05) is 67.6 Å². The van der Waals surface area contributed by atoms with Crippen molar-refractivity contribution in [2.45, 2.75) is 6.42 Å². The van der Waals surface area contributed by atoms with Crippen molar-refractivity contribution in [3.63, 3.8) is 0 Å². The van der Waals surface area contributed by atoms with Gasteiger partial charge in [0.15, 0.2) is 0 Å². The monoisotopic (exact) mass is 936 g/mol. The summed E-state index contributed by atoms with van der Waals surface area (Å²) in [6.07, 6.45) is 0.802. The van der Waals surface area contributed by atoms with Crippen LogP contribution in [0.15, 0.2) is 303 Å². The minimum atomic E-state index is 0.802. The molecule has 0 aliphatic carbocycles. The van der Waals surface area contributed by atoms with E-state index in [-0.39, 0.29) is 0 Å². The summed E-state index contributed by atoms with van der Waals surface area (Å²) in [5.74, 6) is 0. The van der Waals surface area contributed by atoms with Crippen LogP contribution < -0.4 is 19.6 Å². The van der Waals surface area contributed by atoms with Gasteiger partial charge in [0.25, 0.3) is 0 Å². The molecule has 0 amide bonds. The smallest absolute Gasteiger partial charge is 0.0540 e. The van der Waals surface area contributed by atoms with Crippen LogP contribution in [-0.2, 0) is 6.42 Å². The summed E-state index contributed by atoms with van der Waals surface area (Å²) >= 11 is 0. The van der Waals surface area contributed by atoms with E-state index < -0.39 is 0 Å². The maximum Gasteiger partial charge on any atom is 0.0540 e. The number of para-hydroxylation sites is 4. The lowest BCUT2D eigenvalue weighted by molar-refractivity contribution is 1.18. The van der Waals surface area contributed by atoms with Gasteiger partial charge in [-0.1, -0.05) is 170 Å². The molecular weight excluding hydrogens is 885 g/mol. The number of rotatable bonds is 14. The lowest BCUT2D eigenvalue weighted by atomic mass is 10.0. The molecule has 0 aromatic heterocycles. The lowest BCUT2D eigenvalue weighted by Crippen LogP contribution is -2.12. The highest BCUT2D eigenvalue weighted by molar-refractivity contribution is 6.00. The Labute approximate surface area is 428 Å². The van der Waals surface area contributed by atoms with Crippen LogP contribution in [0, 0.1) is 0 Å². The Morgan fingerprint density at radius 3 is 0.726 bits per heavy atom. The molecule has 0 saturated heterocycles. The van der Waals surface area contributed by atoms with E-state index >= 15 is 0 Å². The number of nitrogens with zero attached hydrogens (tertiary/aromatic N) is 4. The van der Waals surface area contributed by atoms with Crippen molar-refractivity contribution in [3.05, 3.63) is 314 Å². The lowest BCUT2D eigenvalue weighted by Gasteiger charge is -2.29. The maximum absolute atomic E-state index is 2.38. The minimum absolute atomic E-state index is 0.802. The van der Waals surface area contributed by atoms with Crippen LogP contribution in [0.1, 0.15) is 11.1 Å². The highest BCUT2D eigenvalue weighted by atomic mass is 15.2. The first-order chi connectivity index (χ1) is 36.2. The minimum Gasteiger partial charge on any atom is -0.311 e. The van der Waals surface area contributed by atoms with E-state index in [9.17, 15) is 0 Å². The van der Waals surface area contributed by atoms with Gasteiger partial charge in [0.1, 0.15) is 0 Å². The SMILES string of the molecule is c1ccc(N(c2ccccc2)c2ccc(N(c3ccc(Cc4ccc(N(c5ccc(N(c6ccccc6)c6ccccc6)cc5)c5cccc6ccccc56)cc4)cc3)c3cccc4ccccc34)cc2)cc1. The van der Waals surface area contributed by atoms with Gasteiger partial charge in [0.2, 0.25) is 0 Å². The van der Waals surface area contributed by atoms with Crippen molar-refractivity contribution in [1.82, 2.24) is 0 Å². The molecule has 12 rings (SSSR count). The molecule has 0 aliphatic rings. The molecule has 12 aromatic rings. The molecule has 0 N–H and O–H groups in total. The Balaban J connectivity index is 0.854. The fourth-order valence-corrected chi connectivity index (χ4v) is 10.1. The van der Waals surface area contributed by atoms with Gasteiger partial charge < -0.3 is 19.6 Å². The van der Waals surface area contributed by atoms with Crippen LogP contribution in [0.25, 0.3) is 21.5 Å². The third kappa shape index (κ3) is 9.29. The standard InChI is InChI=1S/C69H52N4/c1-5-23-56(24-6-1)70(57-25-7-2-8-26-57)60-43-47-64(48-44-60)72(68-33-17-21-54-19-13-15-31-66(54)68)62-39-35-52(36-40-62)51-53-37-41-63(42-38-53)73(69-34-18-22-55-20-14-16-32-67(55)69)65-49-45-61(46-50-65)71(58-27-9-3-10-28-58)59-29-11-4-12-30-59/h1-50H,51H2. The number of anilines is 12. The topological polar surface area (TPSA) is 13.0 Å². The molecule has 0 aliphatic heterocycles. The van der Waals surface area contributed by atoms with E-state index in [4.69, 9.17) is 0 Å². The molecule has 4 nitrogen and oxygen atoms in total. The van der Waals surface area contributed by atoms with Crippen molar-refractivity contribution in [1.29, 1.82) is 0 Å².